The minimum Gasteiger partial charge on any atom is -0.359 e. The summed E-state index contributed by atoms with van der Waals surface area (Å²) in [7, 11) is 1.47. The third-order valence-electron chi connectivity index (χ3n) is 2.17. The van der Waals surface area contributed by atoms with Crippen molar-refractivity contribution in [1.82, 2.24) is 10.6 Å². The summed E-state index contributed by atoms with van der Waals surface area (Å²) in [5.74, 6) is -0.205. The van der Waals surface area contributed by atoms with Gasteiger partial charge in [-0.2, -0.15) is 0 Å². The molecule has 8 nitrogen and oxygen atoms in total. The molecule has 0 aromatic heterocycles. The molecular formula is C10H13N5O3. The van der Waals surface area contributed by atoms with E-state index in [1.165, 1.54) is 19.2 Å². The Morgan fingerprint density at radius 2 is 2.11 bits per heavy atom. The van der Waals surface area contributed by atoms with Crippen molar-refractivity contribution in [3.05, 3.63) is 33.9 Å². The molecule has 0 aliphatic rings. The largest absolute Gasteiger partial charge is 0.359 e. The quantitative estimate of drug-likeness (QED) is 0.273. The van der Waals surface area contributed by atoms with E-state index in [0.29, 0.717) is 5.56 Å². The maximum Gasteiger partial charge on any atom is 0.326 e. The number of hydrogen-bond acceptors (Lipinski definition) is 4. The van der Waals surface area contributed by atoms with Gasteiger partial charge in [-0.15, -0.1) is 0 Å². The third kappa shape index (κ3) is 3.17. The molecule has 4 N–H and O–H groups in total. The predicted molar refractivity (Wildman–Crippen MR) is 66.8 cm³/mol. The van der Waals surface area contributed by atoms with Crippen LogP contribution < -0.4 is 16.0 Å². The van der Waals surface area contributed by atoms with E-state index in [1.807, 2.05) is 0 Å². The van der Waals surface area contributed by atoms with E-state index in [-0.39, 0.29) is 17.3 Å². The summed E-state index contributed by atoms with van der Waals surface area (Å²) in [6, 6.07) is 3.76. The Labute approximate surface area is 103 Å². The fourth-order valence-electron chi connectivity index (χ4n) is 1.29. The molecule has 0 heterocycles. The van der Waals surface area contributed by atoms with Gasteiger partial charge in [0.15, 0.2) is 5.96 Å². The molecule has 0 saturated heterocycles. The number of nitrogens with zero attached hydrogens (tertiary/aromatic N) is 1. The zero-order valence-electron chi connectivity index (χ0n) is 9.90. The number of amides is 2. The molecule has 96 valence electrons. The van der Waals surface area contributed by atoms with Gasteiger partial charge < -0.3 is 10.6 Å². The molecule has 0 saturated carbocycles. The number of aryl methyl sites for hydroxylation is 1. The highest BCUT2D eigenvalue weighted by Crippen LogP contribution is 2.27. The normalized spacial score (nSPS) is 9.44. The van der Waals surface area contributed by atoms with Crippen molar-refractivity contribution in [2.24, 2.45) is 0 Å². The van der Waals surface area contributed by atoms with Crippen LogP contribution in [0.1, 0.15) is 5.56 Å². The van der Waals surface area contributed by atoms with E-state index in [2.05, 4.69) is 16.0 Å². The summed E-state index contributed by atoms with van der Waals surface area (Å²) < 4.78 is 0. The van der Waals surface area contributed by atoms with Crippen LogP contribution in [0.2, 0.25) is 0 Å². The van der Waals surface area contributed by atoms with E-state index in [4.69, 9.17) is 5.41 Å². The van der Waals surface area contributed by atoms with Gasteiger partial charge in [0.2, 0.25) is 0 Å². The molecule has 18 heavy (non-hydrogen) atoms. The van der Waals surface area contributed by atoms with Crippen molar-refractivity contribution in [2.75, 3.05) is 12.4 Å². The lowest BCUT2D eigenvalue weighted by atomic mass is 10.1. The lowest BCUT2D eigenvalue weighted by Gasteiger charge is -2.10. The maximum atomic E-state index is 11.5. The molecule has 0 atom stereocenters. The molecule has 1 aromatic carbocycles. The minimum absolute atomic E-state index is 0.115. The summed E-state index contributed by atoms with van der Waals surface area (Å²) in [4.78, 5) is 21.7. The minimum atomic E-state index is -0.716. The SMILES string of the molecule is CNC(=N)NC(=O)Nc1c(C)cccc1[N+](=O)[O-]. The molecule has 0 radical (unpaired) electrons. The summed E-state index contributed by atoms with van der Waals surface area (Å²) in [5, 5.41) is 25.0. The van der Waals surface area contributed by atoms with Crippen LogP contribution in [0.5, 0.6) is 0 Å². The van der Waals surface area contributed by atoms with Crippen LogP contribution in [-0.4, -0.2) is 24.0 Å². The number of rotatable bonds is 2. The van der Waals surface area contributed by atoms with Gasteiger partial charge in [-0.05, 0) is 12.5 Å². The van der Waals surface area contributed by atoms with Crippen molar-refractivity contribution in [3.8, 4) is 0 Å². The molecule has 0 spiro atoms. The highest BCUT2D eigenvalue weighted by atomic mass is 16.6. The average Bonchev–Trinajstić information content (AvgIpc) is 2.31. The number of urea groups is 1. The number of hydrogen-bond donors (Lipinski definition) is 4. The van der Waals surface area contributed by atoms with Crippen molar-refractivity contribution in [2.45, 2.75) is 6.92 Å². The number of nitro benzene ring substituents is 1. The molecule has 8 heteroatoms. The first-order valence-corrected chi connectivity index (χ1v) is 5.04. The molecule has 1 rings (SSSR count). The summed E-state index contributed by atoms with van der Waals surface area (Å²) in [5.41, 5.74) is 0.486. The van der Waals surface area contributed by atoms with Gasteiger partial charge in [-0.1, -0.05) is 12.1 Å². The Morgan fingerprint density at radius 3 is 2.67 bits per heavy atom. The number of nitro groups is 1. The number of carbonyl (C=O) groups is 1. The molecule has 1 aromatic rings. The Kier molecular flexibility index (Phi) is 4.19. The second-order valence-electron chi connectivity index (χ2n) is 3.43. The van der Waals surface area contributed by atoms with Crippen LogP contribution in [0.15, 0.2) is 18.2 Å². The van der Waals surface area contributed by atoms with E-state index >= 15 is 0 Å². The van der Waals surface area contributed by atoms with E-state index < -0.39 is 11.0 Å². The monoisotopic (exact) mass is 251 g/mol. The molecule has 0 unspecified atom stereocenters. The summed E-state index contributed by atoms with van der Waals surface area (Å²) >= 11 is 0. The number of carbonyl (C=O) groups excluding carboxylic acids is 1. The van der Waals surface area contributed by atoms with Gasteiger partial charge in [0.25, 0.3) is 5.69 Å². The highest BCUT2D eigenvalue weighted by molar-refractivity contribution is 6.02. The van der Waals surface area contributed by atoms with Crippen molar-refractivity contribution >= 4 is 23.4 Å². The van der Waals surface area contributed by atoms with Crippen LogP contribution in [0.3, 0.4) is 0 Å². The van der Waals surface area contributed by atoms with Crippen molar-refractivity contribution in [1.29, 1.82) is 5.41 Å². The number of para-hydroxylation sites is 1. The number of anilines is 1. The van der Waals surface area contributed by atoms with Crippen LogP contribution in [0, 0.1) is 22.4 Å². The first-order valence-electron chi connectivity index (χ1n) is 5.04. The summed E-state index contributed by atoms with van der Waals surface area (Å²) in [6.45, 7) is 1.64. The van der Waals surface area contributed by atoms with Crippen molar-refractivity contribution < 1.29 is 9.72 Å². The first-order chi connectivity index (χ1) is 8.45. The molecule has 0 aliphatic heterocycles. The van der Waals surface area contributed by atoms with Gasteiger partial charge >= 0.3 is 6.03 Å². The second kappa shape index (κ2) is 5.62. The molecular weight excluding hydrogens is 238 g/mol. The first kappa shape index (κ1) is 13.4. The van der Waals surface area contributed by atoms with Gasteiger partial charge in [-0.25, -0.2) is 4.79 Å². The average molecular weight is 251 g/mol. The molecule has 2 amide bonds. The highest BCUT2D eigenvalue weighted by Gasteiger charge is 2.17. The maximum absolute atomic E-state index is 11.5. The van der Waals surface area contributed by atoms with Crippen LogP contribution in [0.4, 0.5) is 16.2 Å². The van der Waals surface area contributed by atoms with Gasteiger partial charge in [-0.3, -0.25) is 20.8 Å². The molecule has 0 bridgehead atoms. The number of guanidine groups is 1. The number of nitrogens with one attached hydrogen (secondary N) is 4. The van der Waals surface area contributed by atoms with Gasteiger partial charge in [0.1, 0.15) is 5.69 Å². The zero-order chi connectivity index (χ0) is 13.7. The fraction of sp³-hybridized carbons (Fsp3) is 0.200. The Balaban J connectivity index is 2.93. The van der Waals surface area contributed by atoms with Crippen LogP contribution in [-0.2, 0) is 0 Å². The standard InChI is InChI=1S/C10H13N5O3/c1-6-4-3-5-7(15(17)18)8(6)13-10(16)14-9(11)12-2/h3-5H,1-2H3,(H4,11,12,13,14,16). The van der Waals surface area contributed by atoms with E-state index in [9.17, 15) is 14.9 Å². The van der Waals surface area contributed by atoms with Gasteiger partial charge in [0, 0.05) is 13.1 Å². The Morgan fingerprint density at radius 1 is 1.44 bits per heavy atom. The van der Waals surface area contributed by atoms with Gasteiger partial charge in [0.05, 0.1) is 4.92 Å². The smallest absolute Gasteiger partial charge is 0.326 e. The lowest BCUT2D eigenvalue weighted by molar-refractivity contribution is -0.383. The fourth-order valence-corrected chi connectivity index (χ4v) is 1.29. The third-order valence-corrected chi connectivity index (χ3v) is 2.17. The number of benzene rings is 1. The predicted octanol–water partition coefficient (Wildman–Crippen LogP) is 1.18. The Hall–Kier alpha value is -2.64. The topological polar surface area (TPSA) is 120 Å². The Bertz CT molecular complexity index is 500. The summed E-state index contributed by atoms with van der Waals surface area (Å²) in [6.07, 6.45) is 0. The zero-order valence-corrected chi connectivity index (χ0v) is 9.90. The van der Waals surface area contributed by atoms with Crippen LogP contribution >= 0.6 is 0 Å². The molecule has 0 aliphatic carbocycles. The van der Waals surface area contributed by atoms with Crippen LogP contribution in [0.25, 0.3) is 0 Å². The second-order valence-corrected chi connectivity index (χ2v) is 3.43. The van der Waals surface area contributed by atoms with Crippen molar-refractivity contribution in [3.63, 3.8) is 0 Å². The van der Waals surface area contributed by atoms with E-state index in [1.54, 1.807) is 13.0 Å². The lowest BCUT2D eigenvalue weighted by Crippen LogP contribution is -2.40. The molecule has 0 fully saturated rings. The van der Waals surface area contributed by atoms with E-state index in [0.717, 1.165) is 0 Å².